The molecule has 24 heavy (non-hydrogen) atoms. The first-order chi connectivity index (χ1) is 11.5. The summed E-state index contributed by atoms with van der Waals surface area (Å²) in [5.74, 6) is 1.04. The molecular formula is C21H34O3. The van der Waals surface area contributed by atoms with Crippen molar-refractivity contribution in [1.29, 1.82) is 0 Å². The summed E-state index contributed by atoms with van der Waals surface area (Å²) in [7, 11) is 0. The quantitative estimate of drug-likeness (QED) is 0.580. The van der Waals surface area contributed by atoms with E-state index in [-0.39, 0.29) is 23.6 Å². The average molecular weight is 335 g/mol. The highest BCUT2D eigenvalue weighted by atomic mass is 16.5. The van der Waals surface area contributed by atoms with Crippen molar-refractivity contribution in [2.45, 2.75) is 84.3 Å². The van der Waals surface area contributed by atoms with E-state index in [2.05, 4.69) is 38.2 Å². The molecule has 2 rings (SSSR count). The molecule has 0 aromatic carbocycles. The standard InChI is InChI=1S/C21H34O3/c1-4-14-21(15-5-2,17-6-10-19(23)11-7-17)18-8-12-20(13-9-18)24-16(3)22/h4-5,14-15,17-20,23H,6-13H2,1-3H3/b14-4-,15-5-. The number of rotatable bonds is 5. The Morgan fingerprint density at radius 3 is 1.79 bits per heavy atom. The van der Waals surface area contributed by atoms with Gasteiger partial charge in [-0.15, -0.1) is 0 Å². The molecule has 2 fully saturated rings. The third-order valence-corrected chi connectivity index (χ3v) is 6.03. The Hall–Kier alpha value is -1.09. The van der Waals surface area contributed by atoms with E-state index in [9.17, 15) is 9.90 Å². The van der Waals surface area contributed by atoms with E-state index in [0.29, 0.717) is 11.8 Å². The van der Waals surface area contributed by atoms with Gasteiger partial charge in [-0.2, -0.15) is 0 Å². The molecule has 0 spiro atoms. The molecule has 0 aromatic rings. The number of esters is 1. The summed E-state index contributed by atoms with van der Waals surface area (Å²) >= 11 is 0. The minimum Gasteiger partial charge on any atom is -0.463 e. The smallest absolute Gasteiger partial charge is 0.302 e. The van der Waals surface area contributed by atoms with Crippen molar-refractivity contribution in [2.75, 3.05) is 0 Å². The topological polar surface area (TPSA) is 46.5 Å². The Labute approximate surface area is 147 Å². The van der Waals surface area contributed by atoms with Crippen molar-refractivity contribution >= 4 is 5.97 Å². The van der Waals surface area contributed by atoms with Crippen LogP contribution < -0.4 is 0 Å². The third kappa shape index (κ3) is 4.50. The second-order valence-corrected chi connectivity index (χ2v) is 7.59. The van der Waals surface area contributed by atoms with Gasteiger partial charge in [0.1, 0.15) is 6.10 Å². The van der Waals surface area contributed by atoms with Gasteiger partial charge in [0, 0.05) is 12.3 Å². The highest BCUT2D eigenvalue weighted by Gasteiger charge is 2.43. The van der Waals surface area contributed by atoms with Crippen molar-refractivity contribution in [2.24, 2.45) is 17.3 Å². The van der Waals surface area contributed by atoms with Crippen LogP contribution in [-0.2, 0) is 9.53 Å². The van der Waals surface area contributed by atoms with Crippen LogP contribution in [0.15, 0.2) is 24.3 Å². The molecule has 3 nitrogen and oxygen atoms in total. The molecule has 0 aliphatic heterocycles. The lowest BCUT2D eigenvalue weighted by Crippen LogP contribution is -2.40. The molecular weight excluding hydrogens is 300 g/mol. The summed E-state index contributed by atoms with van der Waals surface area (Å²) in [5, 5.41) is 9.90. The number of carbonyl (C=O) groups is 1. The summed E-state index contributed by atoms with van der Waals surface area (Å²) < 4.78 is 5.42. The predicted octanol–water partition coefficient (Wildman–Crippen LogP) is 4.80. The molecule has 2 saturated carbocycles. The maximum absolute atomic E-state index is 11.2. The third-order valence-electron chi connectivity index (χ3n) is 6.03. The molecule has 0 radical (unpaired) electrons. The summed E-state index contributed by atoms with van der Waals surface area (Å²) in [4.78, 5) is 11.2. The average Bonchev–Trinajstić information content (AvgIpc) is 2.55. The van der Waals surface area contributed by atoms with Crippen molar-refractivity contribution in [1.82, 2.24) is 0 Å². The molecule has 0 bridgehead atoms. The molecule has 0 aromatic heterocycles. The van der Waals surface area contributed by atoms with Crippen LogP contribution in [0.2, 0.25) is 0 Å². The molecule has 2 aliphatic carbocycles. The number of hydrogen-bond acceptors (Lipinski definition) is 3. The van der Waals surface area contributed by atoms with Crippen molar-refractivity contribution in [3.63, 3.8) is 0 Å². The highest BCUT2D eigenvalue weighted by Crippen LogP contribution is 2.51. The zero-order valence-corrected chi connectivity index (χ0v) is 15.5. The van der Waals surface area contributed by atoms with Crippen molar-refractivity contribution < 1.29 is 14.6 Å². The van der Waals surface area contributed by atoms with E-state index in [4.69, 9.17) is 4.74 Å². The van der Waals surface area contributed by atoms with Crippen LogP contribution in [0.1, 0.15) is 72.1 Å². The Kier molecular flexibility index (Phi) is 7.09. The summed E-state index contributed by atoms with van der Waals surface area (Å²) in [6.45, 7) is 5.73. The van der Waals surface area contributed by atoms with Gasteiger partial charge < -0.3 is 9.84 Å². The van der Waals surface area contributed by atoms with Gasteiger partial charge in [0.15, 0.2) is 0 Å². The van der Waals surface area contributed by atoms with E-state index in [1.165, 1.54) is 6.92 Å². The Morgan fingerprint density at radius 1 is 0.917 bits per heavy atom. The molecule has 1 N–H and O–H groups in total. The van der Waals surface area contributed by atoms with Crippen LogP contribution in [-0.4, -0.2) is 23.3 Å². The molecule has 2 aliphatic rings. The zero-order chi connectivity index (χ0) is 17.6. The van der Waals surface area contributed by atoms with E-state index in [1.54, 1.807) is 0 Å². The Balaban J connectivity index is 2.16. The lowest BCUT2D eigenvalue weighted by atomic mass is 9.58. The lowest BCUT2D eigenvalue weighted by molar-refractivity contribution is -0.148. The highest BCUT2D eigenvalue weighted by molar-refractivity contribution is 5.66. The molecule has 136 valence electrons. The molecule has 0 atom stereocenters. The van der Waals surface area contributed by atoms with Gasteiger partial charge in [0.05, 0.1) is 6.10 Å². The largest absolute Gasteiger partial charge is 0.463 e. The lowest BCUT2D eigenvalue weighted by Gasteiger charge is -2.47. The van der Waals surface area contributed by atoms with Gasteiger partial charge >= 0.3 is 5.97 Å². The fourth-order valence-corrected chi connectivity index (χ4v) is 5.00. The van der Waals surface area contributed by atoms with Gasteiger partial charge in [0.2, 0.25) is 0 Å². The zero-order valence-electron chi connectivity index (χ0n) is 15.5. The Bertz CT molecular complexity index is 438. The summed E-state index contributed by atoms with van der Waals surface area (Å²) in [6, 6.07) is 0. The van der Waals surface area contributed by atoms with E-state index in [1.807, 2.05) is 0 Å². The number of hydrogen-bond donors (Lipinski definition) is 1. The van der Waals surface area contributed by atoms with Crippen LogP contribution in [0, 0.1) is 17.3 Å². The maximum Gasteiger partial charge on any atom is 0.302 e. The number of ether oxygens (including phenoxy) is 1. The van der Waals surface area contributed by atoms with Gasteiger partial charge in [-0.25, -0.2) is 0 Å². The summed E-state index contributed by atoms with van der Waals surface area (Å²) in [5.41, 5.74) is 0.0881. The first-order valence-corrected chi connectivity index (χ1v) is 9.64. The SMILES string of the molecule is C/C=C\C(/C=C\C)(C1CCC(O)CC1)C1CCC(OC(C)=O)CC1. The number of carbonyl (C=O) groups excluding carboxylic acids is 1. The number of aliphatic hydroxyl groups is 1. The minimum atomic E-state index is -0.159. The van der Waals surface area contributed by atoms with E-state index < -0.39 is 0 Å². The molecule has 0 amide bonds. The molecule has 3 heteroatoms. The van der Waals surface area contributed by atoms with Crippen LogP contribution in [0.3, 0.4) is 0 Å². The van der Waals surface area contributed by atoms with Gasteiger partial charge in [-0.1, -0.05) is 24.3 Å². The van der Waals surface area contributed by atoms with E-state index in [0.717, 1.165) is 51.4 Å². The fourth-order valence-electron chi connectivity index (χ4n) is 5.00. The van der Waals surface area contributed by atoms with Crippen molar-refractivity contribution in [3.8, 4) is 0 Å². The monoisotopic (exact) mass is 334 g/mol. The van der Waals surface area contributed by atoms with Gasteiger partial charge in [-0.3, -0.25) is 4.79 Å². The first kappa shape index (κ1) is 19.2. The van der Waals surface area contributed by atoms with Crippen LogP contribution >= 0.6 is 0 Å². The van der Waals surface area contributed by atoms with E-state index >= 15 is 0 Å². The molecule has 0 saturated heterocycles. The normalized spacial score (nSPS) is 32.3. The van der Waals surface area contributed by atoms with Gasteiger partial charge in [0.25, 0.3) is 0 Å². The minimum absolute atomic E-state index is 0.0881. The fraction of sp³-hybridized carbons (Fsp3) is 0.762. The summed E-state index contributed by atoms with van der Waals surface area (Å²) in [6.07, 6.45) is 17.4. The molecule has 0 heterocycles. The number of allylic oxidation sites excluding steroid dienone is 4. The van der Waals surface area contributed by atoms with Gasteiger partial charge in [-0.05, 0) is 77.0 Å². The molecule has 0 unspecified atom stereocenters. The van der Waals surface area contributed by atoms with Crippen LogP contribution in [0.5, 0.6) is 0 Å². The second-order valence-electron chi connectivity index (χ2n) is 7.59. The number of aliphatic hydroxyl groups excluding tert-OH is 1. The maximum atomic E-state index is 11.2. The van der Waals surface area contributed by atoms with Crippen LogP contribution in [0.4, 0.5) is 0 Å². The van der Waals surface area contributed by atoms with Crippen LogP contribution in [0.25, 0.3) is 0 Å². The second kappa shape index (κ2) is 8.84. The van der Waals surface area contributed by atoms with Crippen molar-refractivity contribution in [3.05, 3.63) is 24.3 Å². The predicted molar refractivity (Wildman–Crippen MR) is 97.5 cm³/mol. The first-order valence-electron chi connectivity index (χ1n) is 9.64. The Morgan fingerprint density at radius 2 is 1.38 bits per heavy atom.